The Kier molecular flexibility index (Phi) is 3.68. The highest BCUT2D eigenvalue weighted by Gasteiger charge is 1.98. The van der Waals surface area contributed by atoms with Crippen LogP contribution in [-0.4, -0.2) is 16.9 Å². The second kappa shape index (κ2) is 4.32. The quantitative estimate of drug-likeness (QED) is 0.577. The van der Waals surface area contributed by atoms with Gasteiger partial charge in [0.2, 0.25) is 0 Å². The van der Waals surface area contributed by atoms with Crippen molar-refractivity contribution < 1.29 is 0 Å². The Morgan fingerprint density at radius 3 is 3.00 bits per heavy atom. The molecule has 1 aromatic heterocycles. The second-order valence-electron chi connectivity index (χ2n) is 2.04. The summed E-state index contributed by atoms with van der Waals surface area (Å²) in [5.74, 6) is 0. The average Bonchev–Trinajstić information content (AvgIpc) is 2.04. The molecule has 51 valence electrons. The topological polar surface area (TPSA) is 12.9 Å². The molecule has 1 heterocycles. The number of pyridine rings is 1. The third-order valence-electron chi connectivity index (χ3n) is 1.44. The van der Waals surface area contributed by atoms with Crippen LogP contribution < -0.4 is 4.43 Å². The fourth-order valence-corrected chi connectivity index (χ4v) is 3.12. The summed E-state index contributed by atoms with van der Waals surface area (Å²) in [7, 11) is 0. The van der Waals surface area contributed by atoms with E-state index in [1.54, 1.807) is 0 Å². The summed E-state index contributed by atoms with van der Waals surface area (Å²) in [6.07, 6.45) is 4.99. The van der Waals surface area contributed by atoms with E-state index in [1.807, 2.05) is 12.4 Å². The minimum atomic E-state index is 0.401. The van der Waals surface area contributed by atoms with Crippen LogP contribution in [0.4, 0.5) is 0 Å². The lowest BCUT2D eigenvalue weighted by molar-refractivity contribution is 1.14. The van der Waals surface area contributed by atoms with Crippen molar-refractivity contribution >= 4 is 36.6 Å². The molecule has 0 aliphatic heterocycles. The smallest absolute Gasteiger partial charge is 0.266 e. The monoisotopic (exact) mass is 260 g/mol. The first-order valence-electron chi connectivity index (χ1n) is 3.24. The van der Waals surface area contributed by atoms with E-state index < -0.39 is 0 Å². The Hall–Kier alpha value is 0.412. The molecule has 0 saturated heterocycles. The summed E-state index contributed by atoms with van der Waals surface area (Å²) in [5, 5.41) is 0. The van der Waals surface area contributed by atoms with Gasteiger partial charge in [0.05, 0.1) is 0 Å². The number of nitrogens with zero attached hydrogens (tertiary/aromatic N) is 1. The molecule has 1 aromatic rings. The van der Waals surface area contributed by atoms with Gasteiger partial charge in [0.15, 0.2) is 0 Å². The lowest BCUT2D eigenvalue weighted by Crippen LogP contribution is -2.14. The molecule has 0 N–H and O–H groups in total. The molecule has 1 nitrogen and oxygen atoms in total. The minimum Gasteiger partial charge on any atom is -0.266 e. The highest BCUT2D eigenvalue weighted by Crippen LogP contribution is 1.94. The van der Waals surface area contributed by atoms with E-state index in [2.05, 4.69) is 38.2 Å². The van der Waals surface area contributed by atoms with Crippen LogP contribution >= 0.6 is 20.3 Å². The van der Waals surface area contributed by atoms with Crippen molar-refractivity contribution in [2.75, 3.05) is 0 Å². The van der Waals surface area contributed by atoms with Gasteiger partial charge in [-0.05, 0) is 12.5 Å². The van der Waals surface area contributed by atoms with Gasteiger partial charge in [0.1, 0.15) is 0 Å². The highest BCUT2D eigenvalue weighted by atomic mass is 127. The molecule has 0 atom stereocenters. The van der Waals surface area contributed by atoms with E-state index in [0.29, 0.717) is 11.9 Å². The molecular formula is C7H8AlIN. The summed E-state index contributed by atoms with van der Waals surface area (Å²) in [6.45, 7) is 2.19. The Labute approximate surface area is 78.6 Å². The van der Waals surface area contributed by atoms with Crippen molar-refractivity contribution in [1.29, 1.82) is 0 Å². The maximum absolute atomic E-state index is 4.08. The molecule has 0 spiro atoms. The van der Waals surface area contributed by atoms with E-state index in [1.165, 1.54) is 9.99 Å². The van der Waals surface area contributed by atoms with Gasteiger partial charge in [-0.3, -0.25) is 4.98 Å². The van der Waals surface area contributed by atoms with Crippen molar-refractivity contribution in [3.8, 4) is 0 Å². The Balaban J connectivity index is 2.96. The van der Waals surface area contributed by atoms with Crippen LogP contribution in [0.5, 0.6) is 0 Å². The Morgan fingerprint density at radius 1 is 1.70 bits per heavy atom. The molecule has 0 amide bonds. The predicted molar refractivity (Wildman–Crippen MR) is 53.0 cm³/mol. The van der Waals surface area contributed by atoms with Gasteiger partial charge in [-0.1, -0.05) is 16.9 Å². The summed E-state index contributed by atoms with van der Waals surface area (Å²) in [4.78, 5) is 4.08. The number of aryl methyl sites for hydroxylation is 1. The highest BCUT2D eigenvalue weighted by molar-refractivity contribution is 14.1. The largest absolute Gasteiger partial charge is 0.358 e. The maximum atomic E-state index is 4.08. The summed E-state index contributed by atoms with van der Waals surface area (Å²) >= 11 is 2.85. The molecule has 0 aromatic carbocycles. The molecule has 0 saturated carbocycles. The van der Waals surface area contributed by atoms with Crippen LogP contribution in [0, 0.1) is 0 Å². The molecule has 1 radical (unpaired) electrons. The van der Waals surface area contributed by atoms with E-state index in [0.717, 1.165) is 6.42 Å². The fourth-order valence-electron chi connectivity index (χ4n) is 0.856. The van der Waals surface area contributed by atoms with Crippen molar-refractivity contribution in [3.05, 3.63) is 24.0 Å². The van der Waals surface area contributed by atoms with Crippen molar-refractivity contribution in [1.82, 2.24) is 4.98 Å². The summed E-state index contributed by atoms with van der Waals surface area (Å²) in [6, 6.07) is 2.11. The third-order valence-corrected chi connectivity index (χ3v) is 4.21. The zero-order valence-electron chi connectivity index (χ0n) is 5.84. The predicted octanol–water partition coefficient (Wildman–Crippen LogP) is 1.32. The van der Waals surface area contributed by atoms with Crippen molar-refractivity contribution in [2.24, 2.45) is 0 Å². The van der Waals surface area contributed by atoms with Crippen LogP contribution in [0.25, 0.3) is 0 Å². The molecule has 10 heavy (non-hydrogen) atoms. The van der Waals surface area contributed by atoms with E-state index in [9.17, 15) is 0 Å². The number of halogens is 1. The van der Waals surface area contributed by atoms with Crippen LogP contribution in [0.3, 0.4) is 0 Å². The number of hydrogen-bond acceptors (Lipinski definition) is 1. The Morgan fingerprint density at radius 2 is 2.50 bits per heavy atom. The first kappa shape index (κ1) is 8.51. The van der Waals surface area contributed by atoms with Gasteiger partial charge in [0.25, 0.3) is 0 Å². The zero-order valence-corrected chi connectivity index (χ0v) is 9.15. The standard InChI is InChI=1S/C7H8N.Al.HI/c1-2-7-3-5-8-6-4-7;;/h3,5-6H,2H2,1H3;;1H/q;+1;/p-1. The number of hydrogen-bond donors (Lipinski definition) is 0. The van der Waals surface area contributed by atoms with Crippen molar-refractivity contribution in [2.45, 2.75) is 13.3 Å². The van der Waals surface area contributed by atoms with Crippen LogP contribution in [-0.2, 0) is 6.42 Å². The normalized spacial score (nSPS) is 9.40. The zero-order chi connectivity index (χ0) is 7.40. The van der Waals surface area contributed by atoms with Gasteiger partial charge in [-0.2, -0.15) is 0 Å². The molecule has 0 fully saturated rings. The van der Waals surface area contributed by atoms with Gasteiger partial charge in [-0.15, -0.1) is 0 Å². The van der Waals surface area contributed by atoms with Crippen LogP contribution in [0.15, 0.2) is 18.5 Å². The lowest BCUT2D eigenvalue weighted by Gasteiger charge is -2.00. The molecule has 3 heteroatoms. The lowest BCUT2D eigenvalue weighted by atomic mass is 10.2. The minimum absolute atomic E-state index is 0.401. The SMILES string of the molecule is CCc1ccnc[c]1[Al][I]. The molecule has 1 rings (SSSR count). The van der Waals surface area contributed by atoms with E-state index in [-0.39, 0.29) is 0 Å². The van der Waals surface area contributed by atoms with Gasteiger partial charge in [0, 0.05) is 12.4 Å². The summed E-state index contributed by atoms with van der Waals surface area (Å²) in [5.41, 5.74) is 1.46. The average molecular weight is 260 g/mol. The molecular weight excluding hydrogens is 252 g/mol. The second-order valence-corrected chi connectivity index (χ2v) is 4.75. The molecule has 0 unspecified atom stereocenters. The first-order chi connectivity index (χ1) is 4.88. The molecule has 0 aliphatic carbocycles. The van der Waals surface area contributed by atoms with Crippen LogP contribution in [0.1, 0.15) is 12.5 Å². The van der Waals surface area contributed by atoms with Gasteiger partial charge >= 0.3 is 11.9 Å². The van der Waals surface area contributed by atoms with Gasteiger partial charge in [-0.25, -0.2) is 20.3 Å². The maximum Gasteiger partial charge on any atom is 0.358 e. The fraction of sp³-hybridized carbons (Fsp3) is 0.286. The van der Waals surface area contributed by atoms with E-state index in [4.69, 9.17) is 0 Å². The first-order valence-corrected chi connectivity index (χ1v) is 8.00. The van der Waals surface area contributed by atoms with Crippen molar-refractivity contribution in [3.63, 3.8) is 0 Å². The molecule has 0 bridgehead atoms. The number of rotatable bonds is 2. The number of aromatic nitrogens is 1. The van der Waals surface area contributed by atoms with E-state index >= 15 is 0 Å². The third kappa shape index (κ3) is 1.95. The summed E-state index contributed by atoms with van der Waals surface area (Å²) < 4.78 is 1.45. The molecule has 0 aliphatic rings. The Bertz CT molecular complexity index is 192. The van der Waals surface area contributed by atoms with Crippen LogP contribution in [0.2, 0.25) is 0 Å². The van der Waals surface area contributed by atoms with Gasteiger partial charge < -0.3 is 0 Å².